The molecule has 0 aromatic heterocycles. The fourth-order valence-electron chi connectivity index (χ4n) is 5.02. The van der Waals surface area contributed by atoms with Crippen LogP contribution in [-0.4, -0.2) is 0 Å². The van der Waals surface area contributed by atoms with Crippen LogP contribution < -0.4 is 4.90 Å². The lowest BCUT2D eigenvalue weighted by Gasteiger charge is -2.30. The molecule has 0 fully saturated rings. The first-order valence-corrected chi connectivity index (χ1v) is 12.6. The molecular weight excluding hydrogens is 446 g/mol. The monoisotopic (exact) mass is 473 g/mol. The van der Waals surface area contributed by atoms with Crippen LogP contribution >= 0.6 is 0 Å². The molecule has 0 saturated heterocycles. The second-order valence-electron chi connectivity index (χ2n) is 8.99. The van der Waals surface area contributed by atoms with Crippen LogP contribution in [0.2, 0.25) is 0 Å². The van der Waals surface area contributed by atoms with Crippen LogP contribution in [0.3, 0.4) is 0 Å². The van der Waals surface area contributed by atoms with Crippen LogP contribution in [0.1, 0.15) is 0 Å². The van der Waals surface area contributed by atoms with Gasteiger partial charge in [-0.2, -0.15) is 0 Å². The molecule has 6 rings (SSSR count). The SMILES string of the molecule is c1ccc(-c2ccc(N(c3ccccc3)c3ccccc3)c(-c3ccccc3)c2-c2ccccc2)cc1. The van der Waals surface area contributed by atoms with Gasteiger partial charge < -0.3 is 4.90 Å². The summed E-state index contributed by atoms with van der Waals surface area (Å²) in [5.41, 5.74) is 10.6. The lowest BCUT2D eigenvalue weighted by molar-refractivity contribution is 1.28. The Morgan fingerprint density at radius 2 is 0.676 bits per heavy atom. The van der Waals surface area contributed by atoms with Gasteiger partial charge >= 0.3 is 0 Å². The molecule has 6 aromatic carbocycles. The smallest absolute Gasteiger partial charge is 0.0546 e. The highest BCUT2D eigenvalue weighted by molar-refractivity contribution is 6.02. The summed E-state index contributed by atoms with van der Waals surface area (Å²) in [6.45, 7) is 0. The van der Waals surface area contributed by atoms with Crippen molar-refractivity contribution in [1.29, 1.82) is 0 Å². The zero-order valence-electron chi connectivity index (χ0n) is 20.5. The Labute approximate surface area is 218 Å². The molecule has 0 unspecified atom stereocenters. The molecule has 0 saturated carbocycles. The predicted molar refractivity (Wildman–Crippen MR) is 157 cm³/mol. The van der Waals surface area contributed by atoms with E-state index in [-0.39, 0.29) is 0 Å². The third kappa shape index (κ3) is 4.55. The summed E-state index contributed by atoms with van der Waals surface area (Å²) >= 11 is 0. The fourth-order valence-corrected chi connectivity index (χ4v) is 5.02. The predicted octanol–water partition coefficient (Wildman–Crippen LogP) is 10.2. The Morgan fingerprint density at radius 3 is 1.14 bits per heavy atom. The molecule has 1 heteroatoms. The molecule has 0 N–H and O–H groups in total. The third-order valence-corrected chi connectivity index (χ3v) is 6.66. The van der Waals surface area contributed by atoms with Gasteiger partial charge in [-0.05, 0) is 58.1 Å². The van der Waals surface area contributed by atoms with Gasteiger partial charge in [0, 0.05) is 16.9 Å². The van der Waals surface area contributed by atoms with Crippen molar-refractivity contribution >= 4 is 17.1 Å². The maximum atomic E-state index is 2.36. The van der Waals surface area contributed by atoms with Gasteiger partial charge in [-0.3, -0.25) is 0 Å². The van der Waals surface area contributed by atoms with Gasteiger partial charge in [-0.1, -0.05) is 133 Å². The van der Waals surface area contributed by atoms with Gasteiger partial charge in [0.25, 0.3) is 0 Å². The zero-order valence-corrected chi connectivity index (χ0v) is 20.5. The Morgan fingerprint density at radius 1 is 0.297 bits per heavy atom. The van der Waals surface area contributed by atoms with E-state index < -0.39 is 0 Å². The van der Waals surface area contributed by atoms with Crippen LogP contribution in [0.5, 0.6) is 0 Å². The van der Waals surface area contributed by atoms with E-state index in [4.69, 9.17) is 0 Å². The first kappa shape index (κ1) is 22.6. The number of nitrogens with zero attached hydrogens (tertiary/aromatic N) is 1. The third-order valence-electron chi connectivity index (χ3n) is 6.66. The van der Waals surface area contributed by atoms with Crippen molar-refractivity contribution in [1.82, 2.24) is 0 Å². The molecule has 1 nitrogen and oxygen atoms in total. The van der Waals surface area contributed by atoms with Crippen molar-refractivity contribution in [3.05, 3.63) is 164 Å². The van der Waals surface area contributed by atoms with Gasteiger partial charge in [0.2, 0.25) is 0 Å². The molecule has 6 aromatic rings. The van der Waals surface area contributed by atoms with Gasteiger partial charge in [0.15, 0.2) is 0 Å². The summed E-state index contributed by atoms with van der Waals surface area (Å²) in [5, 5.41) is 0. The topological polar surface area (TPSA) is 3.24 Å². The number of hydrogen-bond acceptors (Lipinski definition) is 1. The first-order valence-electron chi connectivity index (χ1n) is 12.6. The minimum atomic E-state index is 1.12. The molecule has 0 atom stereocenters. The molecule has 0 aliphatic heterocycles. The maximum absolute atomic E-state index is 2.36. The largest absolute Gasteiger partial charge is 0.310 e. The van der Waals surface area contributed by atoms with E-state index in [9.17, 15) is 0 Å². The number of benzene rings is 6. The van der Waals surface area contributed by atoms with E-state index in [0.717, 1.165) is 17.1 Å². The van der Waals surface area contributed by atoms with Gasteiger partial charge in [-0.15, -0.1) is 0 Å². The number of anilines is 3. The summed E-state index contributed by atoms with van der Waals surface area (Å²) in [6.07, 6.45) is 0. The fraction of sp³-hybridized carbons (Fsp3) is 0. The highest BCUT2D eigenvalue weighted by atomic mass is 15.1. The second-order valence-corrected chi connectivity index (χ2v) is 8.99. The van der Waals surface area contributed by atoms with Gasteiger partial charge in [-0.25, -0.2) is 0 Å². The molecule has 0 bridgehead atoms. The lowest BCUT2D eigenvalue weighted by Crippen LogP contribution is -2.12. The Kier molecular flexibility index (Phi) is 6.34. The van der Waals surface area contributed by atoms with Gasteiger partial charge in [0.1, 0.15) is 0 Å². The minimum absolute atomic E-state index is 1.12. The molecule has 0 radical (unpaired) electrons. The van der Waals surface area contributed by atoms with E-state index in [2.05, 4.69) is 169 Å². The maximum Gasteiger partial charge on any atom is 0.0546 e. The Bertz CT molecular complexity index is 1540. The van der Waals surface area contributed by atoms with Crippen LogP contribution in [0.25, 0.3) is 33.4 Å². The van der Waals surface area contributed by atoms with E-state index in [0.29, 0.717) is 0 Å². The van der Waals surface area contributed by atoms with E-state index in [1.807, 2.05) is 0 Å². The van der Waals surface area contributed by atoms with Crippen LogP contribution in [0.15, 0.2) is 164 Å². The van der Waals surface area contributed by atoms with Crippen molar-refractivity contribution in [3.8, 4) is 33.4 Å². The Balaban J connectivity index is 1.73. The van der Waals surface area contributed by atoms with Crippen LogP contribution in [0, 0.1) is 0 Å². The summed E-state index contributed by atoms with van der Waals surface area (Å²) in [7, 11) is 0. The first-order chi connectivity index (χ1) is 18.4. The zero-order chi connectivity index (χ0) is 24.9. The van der Waals surface area contributed by atoms with E-state index in [1.165, 1.54) is 33.4 Å². The summed E-state index contributed by atoms with van der Waals surface area (Å²) < 4.78 is 0. The van der Waals surface area contributed by atoms with E-state index >= 15 is 0 Å². The summed E-state index contributed by atoms with van der Waals surface area (Å²) in [5.74, 6) is 0. The second kappa shape index (κ2) is 10.4. The molecular formula is C36H27N. The molecule has 0 aliphatic carbocycles. The van der Waals surface area contributed by atoms with Crippen molar-refractivity contribution in [3.63, 3.8) is 0 Å². The minimum Gasteiger partial charge on any atom is -0.310 e. The lowest BCUT2D eigenvalue weighted by atomic mass is 9.86. The molecule has 0 amide bonds. The standard InChI is InChI=1S/C36H27N/c1-6-16-28(17-7-1)33-26-27-34(37(31-22-12-4-13-23-31)32-24-14-5-15-25-32)36(30-20-10-3-11-21-30)35(33)29-18-8-2-9-19-29/h1-27H. The molecule has 176 valence electrons. The normalized spacial score (nSPS) is 10.7. The van der Waals surface area contributed by atoms with Gasteiger partial charge in [0.05, 0.1) is 5.69 Å². The average Bonchev–Trinajstić information content (AvgIpc) is 2.99. The summed E-state index contributed by atoms with van der Waals surface area (Å²) in [6, 6.07) is 58.0. The molecule has 0 aliphatic rings. The van der Waals surface area contributed by atoms with E-state index in [1.54, 1.807) is 0 Å². The molecule has 37 heavy (non-hydrogen) atoms. The highest BCUT2D eigenvalue weighted by Gasteiger charge is 2.23. The number of hydrogen-bond donors (Lipinski definition) is 0. The van der Waals surface area contributed by atoms with Crippen molar-refractivity contribution in [2.75, 3.05) is 4.90 Å². The van der Waals surface area contributed by atoms with Crippen molar-refractivity contribution in [2.45, 2.75) is 0 Å². The van der Waals surface area contributed by atoms with Crippen LogP contribution in [0.4, 0.5) is 17.1 Å². The summed E-state index contributed by atoms with van der Waals surface area (Å²) in [4.78, 5) is 2.36. The van der Waals surface area contributed by atoms with Crippen molar-refractivity contribution < 1.29 is 0 Å². The molecule has 0 spiro atoms. The highest BCUT2D eigenvalue weighted by Crippen LogP contribution is 2.48. The quantitative estimate of drug-likeness (QED) is 0.233. The van der Waals surface area contributed by atoms with Crippen molar-refractivity contribution in [2.24, 2.45) is 0 Å². The van der Waals surface area contributed by atoms with Crippen LogP contribution in [-0.2, 0) is 0 Å². The number of para-hydroxylation sites is 2. The number of rotatable bonds is 6. The average molecular weight is 474 g/mol. The molecule has 0 heterocycles. The Hall–Kier alpha value is -4.88.